The van der Waals surface area contributed by atoms with Crippen LogP contribution in [0.1, 0.15) is 24.2 Å². The van der Waals surface area contributed by atoms with Gasteiger partial charge in [-0.05, 0) is 18.1 Å². The lowest BCUT2D eigenvalue weighted by Gasteiger charge is -2.13. The summed E-state index contributed by atoms with van der Waals surface area (Å²) < 4.78 is 10.5. The molecule has 0 saturated heterocycles. The normalized spacial score (nSPS) is 12.3. The van der Waals surface area contributed by atoms with Gasteiger partial charge in [0.15, 0.2) is 12.2 Å². The Balaban J connectivity index is 1.79. The highest BCUT2D eigenvalue weighted by molar-refractivity contribution is 5.94. The van der Waals surface area contributed by atoms with Crippen LogP contribution in [-0.4, -0.2) is 41.9 Å². The van der Waals surface area contributed by atoms with Crippen molar-refractivity contribution in [2.24, 2.45) is 5.92 Å². The SMILES string of the molecule is CC(C)COCC(O)CNC(=O)c1ccc(-c2cnco2)cc1. The monoisotopic (exact) mass is 318 g/mol. The molecule has 23 heavy (non-hydrogen) atoms. The van der Waals surface area contributed by atoms with E-state index in [2.05, 4.69) is 10.3 Å². The minimum absolute atomic E-state index is 0.154. The number of aliphatic hydroxyl groups is 1. The predicted octanol–water partition coefficient (Wildman–Crippen LogP) is 2.10. The fourth-order valence-electron chi connectivity index (χ4n) is 1.96. The third-order valence-corrected chi connectivity index (χ3v) is 3.12. The lowest BCUT2D eigenvalue weighted by Crippen LogP contribution is -2.34. The number of ether oxygens (including phenoxy) is 1. The Hall–Kier alpha value is -2.18. The van der Waals surface area contributed by atoms with Gasteiger partial charge in [0.05, 0.1) is 18.9 Å². The van der Waals surface area contributed by atoms with Crippen LogP contribution in [0.3, 0.4) is 0 Å². The summed E-state index contributed by atoms with van der Waals surface area (Å²) in [6.45, 7) is 5.03. The zero-order valence-electron chi connectivity index (χ0n) is 13.4. The molecule has 0 aliphatic carbocycles. The molecule has 2 aromatic rings. The molecule has 0 radical (unpaired) electrons. The Morgan fingerprint density at radius 2 is 2.04 bits per heavy atom. The first kappa shape index (κ1) is 17.2. The smallest absolute Gasteiger partial charge is 0.251 e. The summed E-state index contributed by atoms with van der Waals surface area (Å²) in [5, 5.41) is 12.5. The molecule has 0 aliphatic heterocycles. The molecule has 0 aliphatic rings. The van der Waals surface area contributed by atoms with Crippen molar-refractivity contribution in [3.8, 4) is 11.3 Å². The van der Waals surface area contributed by atoms with Crippen LogP contribution >= 0.6 is 0 Å². The summed E-state index contributed by atoms with van der Waals surface area (Å²) in [6, 6.07) is 6.98. The van der Waals surface area contributed by atoms with Gasteiger partial charge in [-0.2, -0.15) is 0 Å². The molecule has 1 unspecified atom stereocenters. The maximum Gasteiger partial charge on any atom is 0.251 e. The molecule has 0 saturated carbocycles. The molecular formula is C17H22N2O4. The van der Waals surface area contributed by atoms with Crippen LogP contribution in [0, 0.1) is 5.92 Å². The number of amides is 1. The molecule has 0 bridgehead atoms. The minimum atomic E-state index is -0.717. The van der Waals surface area contributed by atoms with E-state index in [0.717, 1.165) is 5.56 Å². The Labute approximate surface area is 135 Å². The summed E-state index contributed by atoms with van der Waals surface area (Å²) in [5.41, 5.74) is 1.37. The number of carbonyl (C=O) groups is 1. The van der Waals surface area contributed by atoms with Gasteiger partial charge in [-0.25, -0.2) is 4.98 Å². The van der Waals surface area contributed by atoms with E-state index in [1.54, 1.807) is 30.5 Å². The molecule has 0 fully saturated rings. The van der Waals surface area contributed by atoms with Crippen LogP contribution in [0.2, 0.25) is 0 Å². The zero-order chi connectivity index (χ0) is 16.7. The number of rotatable bonds is 8. The molecule has 1 amide bonds. The Kier molecular flexibility index (Phi) is 6.31. The molecule has 2 rings (SSSR count). The molecule has 1 heterocycles. The molecule has 1 atom stereocenters. The fraction of sp³-hybridized carbons (Fsp3) is 0.412. The van der Waals surface area contributed by atoms with Gasteiger partial charge >= 0.3 is 0 Å². The van der Waals surface area contributed by atoms with Crippen LogP contribution in [0.4, 0.5) is 0 Å². The second-order valence-corrected chi connectivity index (χ2v) is 5.74. The van der Waals surface area contributed by atoms with Crippen molar-refractivity contribution in [1.82, 2.24) is 10.3 Å². The standard InChI is InChI=1S/C17H22N2O4/c1-12(2)9-22-10-15(20)7-19-17(21)14-5-3-13(4-6-14)16-8-18-11-23-16/h3-6,8,11-12,15,20H,7,9-10H2,1-2H3,(H,19,21). The number of aromatic nitrogens is 1. The number of hydrogen-bond donors (Lipinski definition) is 2. The van der Waals surface area contributed by atoms with Crippen molar-refractivity contribution < 1.29 is 19.1 Å². The third kappa shape index (κ3) is 5.50. The average Bonchev–Trinajstić information content (AvgIpc) is 3.07. The van der Waals surface area contributed by atoms with Crippen LogP contribution in [0.15, 0.2) is 41.3 Å². The number of nitrogens with zero attached hydrogens (tertiary/aromatic N) is 1. The highest BCUT2D eigenvalue weighted by Crippen LogP contribution is 2.18. The Morgan fingerprint density at radius 1 is 1.30 bits per heavy atom. The number of oxazole rings is 1. The van der Waals surface area contributed by atoms with E-state index in [1.807, 2.05) is 13.8 Å². The van der Waals surface area contributed by atoms with Crippen LogP contribution < -0.4 is 5.32 Å². The number of carbonyl (C=O) groups excluding carboxylic acids is 1. The van der Waals surface area contributed by atoms with Gasteiger partial charge in [0.25, 0.3) is 5.91 Å². The fourth-order valence-corrected chi connectivity index (χ4v) is 1.96. The first-order valence-corrected chi connectivity index (χ1v) is 7.59. The first-order valence-electron chi connectivity index (χ1n) is 7.59. The third-order valence-electron chi connectivity index (χ3n) is 3.12. The molecule has 6 heteroatoms. The first-order chi connectivity index (χ1) is 11.1. The van der Waals surface area contributed by atoms with Gasteiger partial charge in [-0.15, -0.1) is 0 Å². The van der Waals surface area contributed by atoms with Crippen molar-refractivity contribution in [2.75, 3.05) is 19.8 Å². The van der Waals surface area contributed by atoms with Crippen molar-refractivity contribution in [3.63, 3.8) is 0 Å². The molecule has 6 nitrogen and oxygen atoms in total. The zero-order valence-corrected chi connectivity index (χ0v) is 13.4. The summed E-state index contributed by atoms with van der Waals surface area (Å²) >= 11 is 0. The largest absolute Gasteiger partial charge is 0.444 e. The average molecular weight is 318 g/mol. The summed E-state index contributed by atoms with van der Waals surface area (Å²) in [6.07, 6.45) is 2.26. The van der Waals surface area contributed by atoms with Crippen LogP contribution in [-0.2, 0) is 4.74 Å². The van der Waals surface area contributed by atoms with E-state index in [-0.39, 0.29) is 19.1 Å². The van der Waals surface area contributed by atoms with Gasteiger partial charge in [-0.1, -0.05) is 26.0 Å². The van der Waals surface area contributed by atoms with Gasteiger partial charge in [0.2, 0.25) is 0 Å². The van der Waals surface area contributed by atoms with Crippen LogP contribution in [0.5, 0.6) is 0 Å². The lowest BCUT2D eigenvalue weighted by molar-refractivity contribution is 0.0259. The highest BCUT2D eigenvalue weighted by Gasteiger charge is 2.10. The second-order valence-electron chi connectivity index (χ2n) is 5.74. The number of nitrogens with one attached hydrogen (secondary N) is 1. The van der Waals surface area contributed by atoms with Crippen molar-refractivity contribution in [3.05, 3.63) is 42.4 Å². The molecule has 124 valence electrons. The molecule has 1 aromatic heterocycles. The van der Waals surface area contributed by atoms with Crippen molar-refractivity contribution in [1.29, 1.82) is 0 Å². The summed E-state index contributed by atoms with van der Waals surface area (Å²) in [7, 11) is 0. The summed E-state index contributed by atoms with van der Waals surface area (Å²) in [4.78, 5) is 15.9. The van der Waals surface area contributed by atoms with Gasteiger partial charge in [-0.3, -0.25) is 4.79 Å². The van der Waals surface area contributed by atoms with E-state index in [9.17, 15) is 9.90 Å². The summed E-state index contributed by atoms with van der Waals surface area (Å²) in [5.74, 6) is 0.825. The van der Waals surface area contributed by atoms with E-state index < -0.39 is 6.10 Å². The second kappa shape index (κ2) is 8.45. The quantitative estimate of drug-likeness (QED) is 0.778. The number of hydrogen-bond acceptors (Lipinski definition) is 5. The van der Waals surface area contributed by atoms with Gasteiger partial charge in [0.1, 0.15) is 0 Å². The predicted molar refractivity (Wildman–Crippen MR) is 85.9 cm³/mol. The topological polar surface area (TPSA) is 84.6 Å². The Bertz CT molecular complexity index is 594. The van der Waals surface area contributed by atoms with Gasteiger partial charge in [0, 0.05) is 24.3 Å². The molecule has 2 N–H and O–H groups in total. The maximum atomic E-state index is 12.0. The van der Waals surface area contributed by atoms with Crippen molar-refractivity contribution >= 4 is 5.91 Å². The van der Waals surface area contributed by atoms with E-state index >= 15 is 0 Å². The number of aliphatic hydroxyl groups excluding tert-OH is 1. The maximum absolute atomic E-state index is 12.0. The molecule has 1 aromatic carbocycles. The van der Waals surface area contributed by atoms with Gasteiger partial charge < -0.3 is 19.6 Å². The highest BCUT2D eigenvalue weighted by atomic mass is 16.5. The van der Waals surface area contributed by atoms with Crippen molar-refractivity contribution in [2.45, 2.75) is 20.0 Å². The van der Waals surface area contributed by atoms with Crippen LogP contribution in [0.25, 0.3) is 11.3 Å². The van der Waals surface area contributed by atoms with E-state index in [0.29, 0.717) is 23.8 Å². The number of benzene rings is 1. The minimum Gasteiger partial charge on any atom is -0.444 e. The van der Waals surface area contributed by atoms with E-state index in [4.69, 9.17) is 9.15 Å². The molecular weight excluding hydrogens is 296 g/mol. The molecule has 0 spiro atoms. The van der Waals surface area contributed by atoms with E-state index in [1.165, 1.54) is 6.39 Å². The lowest BCUT2D eigenvalue weighted by atomic mass is 10.1. The Morgan fingerprint density at radius 3 is 2.65 bits per heavy atom.